The molecule has 0 aromatic rings. The van der Waals surface area contributed by atoms with Gasteiger partial charge in [0.15, 0.2) is 0 Å². The number of thioether (sulfide) groups is 1. The number of carbonyl (C=O) groups excluding carboxylic acids is 1. The molecule has 0 bridgehead atoms. The third kappa shape index (κ3) is 3.51. The number of ketones is 1. The van der Waals surface area contributed by atoms with Crippen LogP contribution in [0.4, 0.5) is 0 Å². The van der Waals surface area contributed by atoms with Crippen molar-refractivity contribution in [3.05, 3.63) is 0 Å². The van der Waals surface area contributed by atoms with Crippen LogP contribution in [0.1, 0.15) is 64.2 Å². The molecule has 1 saturated carbocycles. The van der Waals surface area contributed by atoms with E-state index in [9.17, 15) is 4.79 Å². The zero-order chi connectivity index (χ0) is 11.2. The van der Waals surface area contributed by atoms with Gasteiger partial charge < -0.3 is 0 Å². The van der Waals surface area contributed by atoms with E-state index in [-0.39, 0.29) is 0 Å². The lowest BCUT2D eigenvalue weighted by atomic mass is 9.86. The number of hydrogen-bond acceptors (Lipinski definition) is 2. The van der Waals surface area contributed by atoms with E-state index in [2.05, 4.69) is 0 Å². The minimum absolute atomic E-state index is 0.359. The molecule has 16 heavy (non-hydrogen) atoms. The van der Waals surface area contributed by atoms with Gasteiger partial charge in [0.1, 0.15) is 5.78 Å². The summed E-state index contributed by atoms with van der Waals surface area (Å²) < 4.78 is 0. The molecule has 2 aliphatic rings. The quantitative estimate of drug-likeness (QED) is 0.719. The Kier molecular flexibility index (Phi) is 5.21. The zero-order valence-electron chi connectivity index (χ0n) is 10.2. The molecular formula is C14H24OS. The SMILES string of the molecule is O=C(C1CCCCCCC1)C1CCCCS1. The number of hydrogen-bond donors (Lipinski definition) is 0. The van der Waals surface area contributed by atoms with E-state index in [1.54, 1.807) is 0 Å². The van der Waals surface area contributed by atoms with Crippen LogP contribution in [0.15, 0.2) is 0 Å². The van der Waals surface area contributed by atoms with E-state index >= 15 is 0 Å². The summed E-state index contributed by atoms with van der Waals surface area (Å²) in [4.78, 5) is 12.4. The molecule has 0 spiro atoms. The van der Waals surface area contributed by atoms with Crippen LogP contribution in [0.5, 0.6) is 0 Å². The Labute approximate surface area is 104 Å². The van der Waals surface area contributed by atoms with Gasteiger partial charge in [-0.05, 0) is 31.4 Å². The number of Topliss-reactive ketones (excluding diaryl/α,β-unsaturated/α-hetero) is 1. The highest BCUT2D eigenvalue weighted by atomic mass is 32.2. The van der Waals surface area contributed by atoms with E-state index in [4.69, 9.17) is 0 Å². The summed E-state index contributed by atoms with van der Waals surface area (Å²) >= 11 is 1.93. The molecule has 1 aliphatic carbocycles. The second kappa shape index (κ2) is 6.68. The number of carbonyl (C=O) groups is 1. The van der Waals surface area contributed by atoms with Crippen LogP contribution in [-0.2, 0) is 4.79 Å². The first-order chi connectivity index (χ1) is 7.88. The first kappa shape index (κ1) is 12.5. The second-order valence-corrected chi connectivity index (χ2v) is 6.61. The highest BCUT2D eigenvalue weighted by Gasteiger charge is 2.28. The van der Waals surface area contributed by atoms with Crippen molar-refractivity contribution in [3.8, 4) is 0 Å². The molecule has 92 valence electrons. The fourth-order valence-electron chi connectivity index (χ4n) is 2.97. The van der Waals surface area contributed by atoms with Gasteiger partial charge >= 0.3 is 0 Å². The summed E-state index contributed by atoms with van der Waals surface area (Å²) in [6.07, 6.45) is 12.8. The maximum absolute atomic E-state index is 12.4. The Bertz CT molecular complexity index is 213. The van der Waals surface area contributed by atoms with E-state index in [1.165, 1.54) is 63.5 Å². The molecule has 0 aromatic heterocycles. The Morgan fingerprint density at radius 3 is 2.06 bits per heavy atom. The van der Waals surface area contributed by atoms with E-state index in [0.717, 1.165) is 6.42 Å². The normalized spacial score (nSPS) is 29.4. The van der Waals surface area contributed by atoms with Gasteiger partial charge in [0, 0.05) is 5.92 Å². The van der Waals surface area contributed by atoms with Gasteiger partial charge in [-0.3, -0.25) is 4.79 Å². The smallest absolute Gasteiger partial charge is 0.148 e. The highest BCUT2D eigenvalue weighted by Crippen LogP contribution is 2.32. The first-order valence-corrected chi connectivity index (χ1v) is 8.08. The molecule has 1 heterocycles. The molecule has 1 saturated heterocycles. The third-order valence-electron chi connectivity index (χ3n) is 4.00. The third-order valence-corrected chi connectivity index (χ3v) is 5.40. The van der Waals surface area contributed by atoms with Crippen LogP contribution in [0.3, 0.4) is 0 Å². The Balaban J connectivity index is 1.85. The van der Waals surface area contributed by atoms with Crippen LogP contribution in [0.25, 0.3) is 0 Å². The Hall–Kier alpha value is 0.0200. The Morgan fingerprint density at radius 1 is 0.812 bits per heavy atom. The lowest BCUT2D eigenvalue weighted by Crippen LogP contribution is -2.28. The van der Waals surface area contributed by atoms with Crippen molar-refractivity contribution in [1.82, 2.24) is 0 Å². The lowest BCUT2D eigenvalue weighted by molar-refractivity contribution is -0.123. The molecule has 1 nitrogen and oxygen atoms in total. The summed E-state index contributed by atoms with van der Waals surface area (Å²) in [6.45, 7) is 0. The maximum Gasteiger partial charge on any atom is 0.148 e. The topological polar surface area (TPSA) is 17.1 Å². The molecule has 2 heteroatoms. The van der Waals surface area contributed by atoms with Gasteiger partial charge in [-0.25, -0.2) is 0 Å². The van der Waals surface area contributed by atoms with Crippen molar-refractivity contribution in [2.45, 2.75) is 69.5 Å². The largest absolute Gasteiger partial charge is 0.298 e. The van der Waals surface area contributed by atoms with E-state index in [0.29, 0.717) is 17.0 Å². The van der Waals surface area contributed by atoms with Crippen LogP contribution in [-0.4, -0.2) is 16.8 Å². The van der Waals surface area contributed by atoms with Crippen LogP contribution in [0.2, 0.25) is 0 Å². The van der Waals surface area contributed by atoms with Gasteiger partial charge in [0.25, 0.3) is 0 Å². The van der Waals surface area contributed by atoms with Crippen LogP contribution in [0, 0.1) is 5.92 Å². The molecule has 0 amide bonds. The molecule has 1 atom stereocenters. The molecule has 0 N–H and O–H groups in total. The second-order valence-electron chi connectivity index (χ2n) is 5.30. The van der Waals surface area contributed by atoms with Crippen molar-refractivity contribution in [2.75, 3.05) is 5.75 Å². The minimum Gasteiger partial charge on any atom is -0.298 e. The van der Waals surface area contributed by atoms with E-state index in [1.807, 2.05) is 11.8 Å². The highest BCUT2D eigenvalue weighted by molar-refractivity contribution is 8.00. The standard InChI is InChI=1S/C14H24OS/c15-14(13-10-6-7-11-16-13)12-8-4-2-1-3-5-9-12/h12-13H,1-11H2. The summed E-state index contributed by atoms with van der Waals surface area (Å²) in [5.74, 6) is 2.23. The molecule has 1 aliphatic heterocycles. The summed E-state index contributed by atoms with van der Waals surface area (Å²) in [5.41, 5.74) is 0. The van der Waals surface area contributed by atoms with Crippen LogP contribution >= 0.6 is 11.8 Å². The van der Waals surface area contributed by atoms with Crippen molar-refractivity contribution in [1.29, 1.82) is 0 Å². The average molecular weight is 240 g/mol. The zero-order valence-corrected chi connectivity index (χ0v) is 11.1. The first-order valence-electron chi connectivity index (χ1n) is 7.03. The Morgan fingerprint density at radius 2 is 1.44 bits per heavy atom. The van der Waals surface area contributed by atoms with Gasteiger partial charge in [-0.15, -0.1) is 0 Å². The van der Waals surface area contributed by atoms with Crippen LogP contribution < -0.4 is 0 Å². The van der Waals surface area contributed by atoms with E-state index < -0.39 is 0 Å². The van der Waals surface area contributed by atoms with Gasteiger partial charge in [0.05, 0.1) is 5.25 Å². The molecule has 2 fully saturated rings. The van der Waals surface area contributed by atoms with Gasteiger partial charge in [-0.1, -0.05) is 38.5 Å². The summed E-state index contributed by atoms with van der Waals surface area (Å²) in [6, 6.07) is 0. The summed E-state index contributed by atoms with van der Waals surface area (Å²) in [7, 11) is 0. The molecule has 2 rings (SSSR count). The van der Waals surface area contributed by atoms with Crippen molar-refractivity contribution in [3.63, 3.8) is 0 Å². The van der Waals surface area contributed by atoms with Crippen molar-refractivity contribution in [2.24, 2.45) is 5.92 Å². The molecule has 1 unspecified atom stereocenters. The average Bonchev–Trinajstić information content (AvgIpc) is 2.29. The molecular weight excluding hydrogens is 216 g/mol. The molecule has 0 aromatic carbocycles. The number of rotatable bonds is 2. The van der Waals surface area contributed by atoms with Crippen molar-refractivity contribution < 1.29 is 4.79 Å². The fraction of sp³-hybridized carbons (Fsp3) is 0.929. The minimum atomic E-state index is 0.359. The fourth-order valence-corrected chi connectivity index (χ4v) is 4.31. The predicted octanol–water partition coefficient (Wildman–Crippen LogP) is 4.20. The van der Waals surface area contributed by atoms with Gasteiger partial charge in [-0.2, -0.15) is 11.8 Å². The predicted molar refractivity (Wildman–Crippen MR) is 70.9 cm³/mol. The lowest BCUT2D eigenvalue weighted by Gasteiger charge is -2.26. The summed E-state index contributed by atoms with van der Waals surface area (Å²) in [5, 5.41) is 0.359. The van der Waals surface area contributed by atoms with Gasteiger partial charge in [0.2, 0.25) is 0 Å². The molecule has 0 radical (unpaired) electrons. The maximum atomic E-state index is 12.4. The monoisotopic (exact) mass is 240 g/mol. The van der Waals surface area contributed by atoms with Crippen molar-refractivity contribution >= 4 is 17.5 Å².